The number of pyridine rings is 1. The summed E-state index contributed by atoms with van der Waals surface area (Å²) in [6.07, 6.45) is 3.48. The summed E-state index contributed by atoms with van der Waals surface area (Å²) in [5.74, 6) is 2.60. The summed E-state index contributed by atoms with van der Waals surface area (Å²) in [5.41, 5.74) is 1.96. The fraction of sp³-hybridized carbons (Fsp3) is 0.417. The lowest BCUT2D eigenvalue weighted by molar-refractivity contribution is 0.0925. The molecule has 3 rings (SSSR count). The summed E-state index contributed by atoms with van der Waals surface area (Å²) in [6, 6.07) is 11.3. The van der Waals surface area contributed by atoms with Crippen molar-refractivity contribution < 1.29 is 9.21 Å². The van der Waals surface area contributed by atoms with Gasteiger partial charge in [-0.15, -0.1) is 0 Å². The first kappa shape index (κ1) is 23.8. The van der Waals surface area contributed by atoms with Gasteiger partial charge in [-0.2, -0.15) is 0 Å². The lowest BCUT2D eigenvalue weighted by Gasteiger charge is -2.19. The SMILES string of the molecule is CCCN(C)c1cc(C(C)C)nc(SCc2ccc(C(=O)NCCc3ccccn3)o2)n1. The first-order valence-electron chi connectivity index (χ1n) is 11.0. The summed E-state index contributed by atoms with van der Waals surface area (Å²) in [6.45, 7) is 7.86. The van der Waals surface area contributed by atoms with Crippen LogP contribution in [0.15, 0.2) is 52.2 Å². The quantitative estimate of drug-likeness (QED) is 0.333. The molecule has 0 fully saturated rings. The van der Waals surface area contributed by atoms with Gasteiger partial charge in [0.2, 0.25) is 0 Å². The molecule has 0 aliphatic carbocycles. The van der Waals surface area contributed by atoms with Crippen LogP contribution in [0.25, 0.3) is 0 Å². The number of furan rings is 1. The highest BCUT2D eigenvalue weighted by atomic mass is 32.2. The molecular weight excluding hydrogens is 422 g/mol. The second-order valence-corrected chi connectivity index (χ2v) is 8.83. The van der Waals surface area contributed by atoms with Gasteiger partial charge in [0.1, 0.15) is 11.6 Å². The van der Waals surface area contributed by atoms with Crippen molar-refractivity contribution in [1.29, 1.82) is 0 Å². The number of hydrogen-bond acceptors (Lipinski definition) is 7. The fourth-order valence-corrected chi connectivity index (χ4v) is 3.84. The van der Waals surface area contributed by atoms with Crippen molar-refractivity contribution in [3.8, 4) is 0 Å². The van der Waals surface area contributed by atoms with Crippen molar-refractivity contribution in [3.05, 3.63) is 65.5 Å². The van der Waals surface area contributed by atoms with E-state index in [1.807, 2.05) is 24.3 Å². The molecule has 3 heterocycles. The molecule has 8 heteroatoms. The number of rotatable bonds is 11. The predicted octanol–water partition coefficient (Wildman–Crippen LogP) is 4.70. The van der Waals surface area contributed by atoms with Gasteiger partial charge in [-0.3, -0.25) is 9.78 Å². The summed E-state index contributed by atoms with van der Waals surface area (Å²) in [4.78, 5) is 28.2. The number of hydrogen-bond donors (Lipinski definition) is 1. The lowest BCUT2D eigenvalue weighted by atomic mass is 10.1. The largest absolute Gasteiger partial charge is 0.455 e. The molecule has 0 aromatic carbocycles. The fourth-order valence-electron chi connectivity index (χ4n) is 3.09. The zero-order valence-corrected chi connectivity index (χ0v) is 20.0. The average molecular weight is 454 g/mol. The van der Waals surface area contributed by atoms with E-state index in [1.165, 1.54) is 11.8 Å². The van der Waals surface area contributed by atoms with Crippen LogP contribution in [0.3, 0.4) is 0 Å². The van der Waals surface area contributed by atoms with Crippen LogP contribution in [0.4, 0.5) is 5.82 Å². The maximum Gasteiger partial charge on any atom is 0.287 e. The highest BCUT2D eigenvalue weighted by Gasteiger charge is 2.14. The van der Waals surface area contributed by atoms with Gasteiger partial charge in [0.15, 0.2) is 10.9 Å². The first-order chi connectivity index (χ1) is 15.5. The number of aromatic nitrogens is 3. The highest BCUT2D eigenvalue weighted by molar-refractivity contribution is 7.98. The van der Waals surface area contributed by atoms with E-state index in [0.29, 0.717) is 41.3 Å². The maximum absolute atomic E-state index is 12.4. The number of anilines is 1. The summed E-state index contributed by atoms with van der Waals surface area (Å²) in [5, 5.41) is 3.59. The third-order valence-corrected chi connectivity index (χ3v) is 5.75. The zero-order chi connectivity index (χ0) is 22.9. The van der Waals surface area contributed by atoms with E-state index < -0.39 is 0 Å². The van der Waals surface area contributed by atoms with Gasteiger partial charge in [-0.1, -0.05) is 38.6 Å². The summed E-state index contributed by atoms with van der Waals surface area (Å²) < 4.78 is 5.75. The van der Waals surface area contributed by atoms with E-state index in [9.17, 15) is 4.79 Å². The number of nitrogens with zero attached hydrogens (tertiary/aromatic N) is 4. The van der Waals surface area contributed by atoms with Crippen molar-refractivity contribution >= 4 is 23.5 Å². The minimum absolute atomic E-state index is 0.223. The Labute approximate surface area is 194 Å². The molecule has 0 aliphatic heterocycles. The Hall–Kier alpha value is -2.87. The normalized spacial score (nSPS) is 11.0. The molecule has 7 nitrogen and oxygen atoms in total. The van der Waals surface area contributed by atoms with Gasteiger partial charge in [0.05, 0.1) is 5.75 Å². The van der Waals surface area contributed by atoms with Crippen molar-refractivity contribution in [2.75, 3.05) is 25.0 Å². The third kappa shape index (κ3) is 6.82. The van der Waals surface area contributed by atoms with E-state index in [4.69, 9.17) is 14.4 Å². The van der Waals surface area contributed by atoms with Crippen LogP contribution in [-0.2, 0) is 12.2 Å². The topological polar surface area (TPSA) is 84.2 Å². The first-order valence-corrected chi connectivity index (χ1v) is 11.9. The number of thioether (sulfide) groups is 1. The Bertz CT molecular complexity index is 1010. The summed E-state index contributed by atoms with van der Waals surface area (Å²) >= 11 is 1.51. The van der Waals surface area contributed by atoms with Gasteiger partial charge in [0.25, 0.3) is 5.91 Å². The Kier molecular flexibility index (Phi) is 8.67. The van der Waals surface area contributed by atoms with Crippen LogP contribution >= 0.6 is 11.8 Å². The van der Waals surface area contributed by atoms with Crippen LogP contribution in [0.5, 0.6) is 0 Å². The van der Waals surface area contributed by atoms with E-state index in [2.05, 4.69) is 49.1 Å². The Morgan fingerprint density at radius 1 is 1.22 bits per heavy atom. The summed E-state index contributed by atoms with van der Waals surface area (Å²) in [7, 11) is 2.05. The molecule has 0 spiro atoms. The Balaban J connectivity index is 1.57. The number of amides is 1. The van der Waals surface area contributed by atoms with Crippen LogP contribution in [0.1, 0.15) is 60.8 Å². The Morgan fingerprint density at radius 2 is 2.06 bits per heavy atom. The van der Waals surface area contributed by atoms with Gasteiger partial charge in [0, 0.05) is 50.2 Å². The molecule has 0 saturated heterocycles. The average Bonchev–Trinajstić information content (AvgIpc) is 3.27. The molecule has 3 aromatic rings. The molecule has 1 amide bonds. The molecule has 1 N–H and O–H groups in total. The molecule has 0 saturated carbocycles. The molecule has 0 bridgehead atoms. The molecule has 0 unspecified atom stereocenters. The van der Waals surface area contributed by atoms with Crippen molar-refractivity contribution in [1.82, 2.24) is 20.3 Å². The van der Waals surface area contributed by atoms with Crippen LogP contribution in [-0.4, -0.2) is 41.0 Å². The molecular formula is C24H31N5O2S. The second kappa shape index (κ2) is 11.7. The van der Waals surface area contributed by atoms with Gasteiger partial charge < -0.3 is 14.6 Å². The molecule has 0 atom stereocenters. The highest BCUT2D eigenvalue weighted by Crippen LogP contribution is 2.26. The Morgan fingerprint density at radius 3 is 2.78 bits per heavy atom. The van der Waals surface area contributed by atoms with Gasteiger partial charge in [-0.05, 0) is 36.6 Å². The molecule has 0 aliphatic rings. The molecule has 170 valence electrons. The third-order valence-electron chi connectivity index (χ3n) is 4.88. The minimum atomic E-state index is -0.223. The minimum Gasteiger partial charge on any atom is -0.455 e. The van der Waals surface area contributed by atoms with Crippen molar-refractivity contribution in [2.24, 2.45) is 0 Å². The van der Waals surface area contributed by atoms with Crippen LogP contribution < -0.4 is 10.2 Å². The van der Waals surface area contributed by atoms with E-state index >= 15 is 0 Å². The number of carbonyl (C=O) groups excluding carboxylic acids is 1. The maximum atomic E-state index is 12.4. The molecule has 3 aromatic heterocycles. The second-order valence-electron chi connectivity index (χ2n) is 7.89. The van der Waals surface area contributed by atoms with E-state index in [0.717, 1.165) is 30.2 Å². The van der Waals surface area contributed by atoms with Gasteiger partial charge >= 0.3 is 0 Å². The zero-order valence-electron chi connectivity index (χ0n) is 19.2. The van der Waals surface area contributed by atoms with Crippen LogP contribution in [0, 0.1) is 0 Å². The monoisotopic (exact) mass is 453 g/mol. The standard InChI is InChI=1S/C24H31N5O2S/c1-5-14-29(4)22-15-20(17(2)3)27-24(28-22)32-16-19-9-10-21(31-19)23(30)26-13-11-18-8-6-7-12-25-18/h6-10,12,15,17H,5,11,13-14,16H2,1-4H3,(H,26,30). The smallest absolute Gasteiger partial charge is 0.287 e. The van der Waals surface area contributed by atoms with E-state index in [-0.39, 0.29) is 5.91 Å². The molecule has 32 heavy (non-hydrogen) atoms. The van der Waals surface area contributed by atoms with Crippen molar-refractivity contribution in [3.63, 3.8) is 0 Å². The van der Waals surface area contributed by atoms with Gasteiger partial charge in [-0.25, -0.2) is 9.97 Å². The number of nitrogens with one attached hydrogen (secondary N) is 1. The number of carbonyl (C=O) groups is 1. The van der Waals surface area contributed by atoms with Crippen LogP contribution in [0.2, 0.25) is 0 Å². The van der Waals surface area contributed by atoms with Crippen molar-refractivity contribution in [2.45, 2.75) is 50.4 Å². The molecule has 0 radical (unpaired) electrons. The van der Waals surface area contributed by atoms with E-state index in [1.54, 1.807) is 12.3 Å². The lowest BCUT2D eigenvalue weighted by Crippen LogP contribution is -2.25. The predicted molar refractivity (Wildman–Crippen MR) is 128 cm³/mol.